The number of aromatic hydroxyl groups is 2. The molecule has 0 aliphatic rings. The molecule has 0 atom stereocenters. The maximum atomic E-state index is 9.96. The highest BCUT2D eigenvalue weighted by molar-refractivity contribution is 5.87. The summed E-state index contributed by atoms with van der Waals surface area (Å²) in [6.07, 6.45) is 3.30. The lowest BCUT2D eigenvalue weighted by molar-refractivity contribution is 0.474. The molecule has 3 aromatic rings. The van der Waals surface area contributed by atoms with E-state index in [0.717, 1.165) is 28.1 Å². The minimum atomic E-state index is 0.199. The quantitative estimate of drug-likeness (QED) is 0.603. The lowest BCUT2D eigenvalue weighted by atomic mass is 10.1. The van der Waals surface area contributed by atoms with Crippen molar-refractivity contribution in [3.05, 3.63) is 82.4 Å². The van der Waals surface area contributed by atoms with E-state index in [4.69, 9.17) is 0 Å². The molecule has 0 unspecified atom stereocenters. The second-order valence-electron chi connectivity index (χ2n) is 6.61. The molecule has 0 aliphatic heterocycles. The zero-order valence-electron chi connectivity index (χ0n) is 15.6. The summed E-state index contributed by atoms with van der Waals surface area (Å²) in [5.74, 6) is 0.399. The average Bonchev–Trinajstić information content (AvgIpc) is 2.65. The van der Waals surface area contributed by atoms with Crippen molar-refractivity contribution in [2.45, 2.75) is 20.8 Å². The van der Waals surface area contributed by atoms with Crippen LogP contribution in [-0.2, 0) is 0 Å². The van der Waals surface area contributed by atoms with Gasteiger partial charge in [0, 0.05) is 23.6 Å². The lowest BCUT2D eigenvalue weighted by Gasteiger charge is -2.04. The molecule has 136 valence electrons. The highest BCUT2D eigenvalue weighted by Gasteiger charge is 2.02. The van der Waals surface area contributed by atoms with Crippen molar-refractivity contribution in [2.24, 2.45) is 9.98 Å². The Hall–Kier alpha value is -3.40. The van der Waals surface area contributed by atoms with Gasteiger partial charge in [-0.2, -0.15) is 0 Å². The van der Waals surface area contributed by atoms with E-state index < -0.39 is 0 Å². The van der Waals surface area contributed by atoms with Gasteiger partial charge >= 0.3 is 0 Å². The molecule has 0 spiro atoms. The zero-order chi connectivity index (χ0) is 19.4. The minimum Gasteiger partial charge on any atom is -0.507 e. The van der Waals surface area contributed by atoms with E-state index >= 15 is 0 Å². The molecular weight excluding hydrogens is 336 g/mol. The molecular formula is C23H22N2O2. The number of hydrogen-bond donors (Lipinski definition) is 2. The summed E-state index contributed by atoms with van der Waals surface area (Å²) in [7, 11) is 0. The van der Waals surface area contributed by atoms with Gasteiger partial charge in [-0.25, -0.2) is 0 Å². The van der Waals surface area contributed by atoms with E-state index in [0.29, 0.717) is 11.1 Å². The Morgan fingerprint density at radius 2 is 1.22 bits per heavy atom. The number of nitrogens with zero attached hydrogens (tertiary/aromatic N) is 2. The average molecular weight is 358 g/mol. The molecule has 0 aliphatic carbocycles. The first-order chi connectivity index (χ1) is 12.9. The Labute approximate surface area is 159 Å². The number of phenolic OH excluding ortho intramolecular Hbond substituents is 2. The summed E-state index contributed by atoms with van der Waals surface area (Å²) >= 11 is 0. The number of aliphatic imine (C=N–C) groups is 2. The largest absolute Gasteiger partial charge is 0.507 e. The van der Waals surface area contributed by atoms with Crippen molar-refractivity contribution in [2.75, 3.05) is 0 Å². The first kappa shape index (κ1) is 18.4. The molecule has 0 aromatic heterocycles. The van der Waals surface area contributed by atoms with E-state index in [-0.39, 0.29) is 11.5 Å². The standard InChI is InChI=1S/C23H22N2O2/c1-15-4-8-22(26)18(10-15)13-24-20-7-6-17(3)21(12-20)25-14-19-11-16(2)5-9-23(19)27/h4-14,26-27H,1-3H3. The summed E-state index contributed by atoms with van der Waals surface area (Å²) in [6.45, 7) is 5.91. The third-order valence-corrected chi connectivity index (χ3v) is 4.25. The van der Waals surface area contributed by atoms with Crippen LogP contribution in [0, 0.1) is 20.8 Å². The molecule has 0 radical (unpaired) electrons. The van der Waals surface area contributed by atoms with Crippen molar-refractivity contribution in [1.29, 1.82) is 0 Å². The number of benzene rings is 3. The second-order valence-corrected chi connectivity index (χ2v) is 6.61. The number of rotatable bonds is 4. The van der Waals surface area contributed by atoms with Gasteiger partial charge in [0.2, 0.25) is 0 Å². The monoisotopic (exact) mass is 358 g/mol. The normalized spacial score (nSPS) is 11.5. The van der Waals surface area contributed by atoms with Gasteiger partial charge in [-0.05, 0) is 62.7 Å². The molecule has 4 nitrogen and oxygen atoms in total. The van der Waals surface area contributed by atoms with Gasteiger partial charge in [0.15, 0.2) is 0 Å². The summed E-state index contributed by atoms with van der Waals surface area (Å²) in [6, 6.07) is 16.5. The fourth-order valence-corrected chi connectivity index (χ4v) is 2.66. The van der Waals surface area contributed by atoms with Crippen LogP contribution >= 0.6 is 0 Å². The molecule has 0 bridgehead atoms. The zero-order valence-corrected chi connectivity index (χ0v) is 15.6. The van der Waals surface area contributed by atoms with Gasteiger partial charge < -0.3 is 10.2 Å². The molecule has 2 N–H and O–H groups in total. The third kappa shape index (κ3) is 4.61. The first-order valence-electron chi connectivity index (χ1n) is 8.70. The first-order valence-corrected chi connectivity index (χ1v) is 8.70. The van der Waals surface area contributed by atoms with Crippen molar-refractivity contribution in [3.63, 3.8) is 0 Å². The summed E-state index contributed by atoms with van der Waals surface area (Å²) < 4.78 is 0. The maximum absolute atomic E-state index is 9.96. The van der Waals surface area contributed by atoms with Crippen molar-refractivity contribution < 1.29 is 10.2 Å². The maximum Gasteiger partial charge on any atom is 0.124 e. The van der Waals surface area contributed by atoms with Crippen LogP contribution in [-0.4, -0.2) is 22.6 Å². The fraction of sp³-hybridized carbons (Fsp3) is 0.130. The second kappa shape index (κ2) is 7.87. The van der Waals surface area contributed by atoms with Gasteiger partial charge in [0.05, 0.1) is 11.4 Å². The highest BCUT2D eigenvalue weighted by Crippen LogP contribution is 2.26. The smallest absolute Gasteiger partial charge is 0.124 e. The Kier molecular flexibility index (Phi) is 5.36. The van der Waals surface area contributed by atoms with E-state index in [1.165, 1.54) is 0 Å². The highest BCUT2D eigenvalue weighted by atomic mass is 16.3. The van der Waals surface area contributed by atoms with Crippen LogP contribution < -0.4 is 0 Å². The van der Waals surface area contributed by atoms with Gasteiger partial charge in [-0.15, -0.1) is 0 Å². The molecule has 0 heterocycles. The van der Waals surface area contributed by atoms with Crippen LogP contribution in [0.15, 0.2) is 64.6 Å². The van der Waals surface area contributed by atoms with Gasteiger partial charge in [-0.1, -0.05) is 29.3 Å². The lowest BCUT2D eigenvalue weighted by Crippen LogP contribution is -1.85. The Morgan fingerprint density at radius 1 is 0.667 bits per heavy atom. The van der Waals surface area contributed by atoms with Gasteiger partial charge in [0.1, 0.15) is 11.5 Å². The van der Waals surface area contributed by atoms with E-state index in [9.17, 15) is 10.2 Å². The van der Waals surface area contributed by atoms with Crippen LogP contribution in [0.1, 0.15) is 27.8 Å². The summed E-state index contributed by atoms with van der Waals surface area (Å²) in [4.78, 5) is 8.98. The van der Waals surface area contributed by atoms with Gasteiger partial charge in [0.25, 0.3) is 0 Å². The number of hydrogen-bond acceptors (Lipinski definition) is 4. The molecule has 4 heteroatoms. The number of phenols is 2. The molecule has 0 saturated carbocycles. The predicted molar refractivity (Wildman–Crippen MR) is 111 cm³/mol. The number of aryl methyl sites for hydroxylation is 3. The van der Waals surface area contributed by atoms with E-state index in [1.54, 1.807) is 24.6 Å². The third-order valence-electron chi connectivity index (χ3n) is 4.25. The summed E-state index contributed by atoms with van der Waals surface area (Å²) in [5.41, 5.74) is 5.99. The van der Waals surface area contributed by atoms with E-state index in [2.05, 4.69) is 9.98 Å². The van der Waals surface area contributed by atoms with Gasteiger partial charge in [-0.3, -0.25) is 9.98 Å². The molecule has 0 fully saturated rings. The Morgan fingerprint density at radius 3 is 1.81 bits per heavy atom. The molecule has 3 aromatic carbocycles. The Balaban J connectivity index is 1.88. The van der Waals surface area contributed by atoms with Crippen LogP contribution in [0.3, 0.4) is 0 Å². The van der Waals surface area contributed by atoms with Crippen molar-refractivity contribution in [1.82, 2.24) is 0 Å². The molecule has 3 rings (SSSR count). The topological polar surface area (TPSA) is 65.2 Å². The van der Waals surface area contributed by atoms with Crippen LogP contribution in [0.25, 0.3) is 0 Å². The minimum absolute atomic E-state index is 0.199. The molecule has 27 heavy (non-hydrogen) atoms. The van der Waals surface area contributed by atoms with Crippen LogP contribution in [0.2, 0.25) is 0 Å². The van der Waals surface area contributed by atoms with Crippen molar-refractivity contribution >= 4 is 23.8 Å². The van der Waals surface area contributed by atoms with Crippen molar-refractivity contribution in [3.8, 4) is 11.5 Å². The summed E-state index contributed by atoms with van der Waals surface area (Å²) in [5, 5.41) is 19.9. The Bertz CT molecular complexity index is 1040. The SMILES string of the molecule is Cc1ccc(O)c(C=Nc2ccc(C)c(N=Cc3cc(C)ccc3O)c2)c1. The fourth-order valence-electron chi connectivity index (χ4n) is 2.66. The molecule has 0 amide bonds. The van der Waals surface area contributed by atoms with Crippen LogP contribution in [0.5, 0.6) is 11.5 Å². The predicted octanol–water partition coefficient (Wildman–Crippen LogP) is 5.52. The van der Waals surface area contributed by atoms with Crippen LogP contribution in [0.4, 0.5) is 11.4 Å². The molecule has 0 saturated heterocycles. The van der Waals surface area contributed by atoms with E-state index in [1.807, 2.05) is 63.2 Å².